The SMILES string of the molecule is CCNC(=NCCC(=O)Nc1ccc(C)cn1)N1CCc2cc(OC)c(OC)cc2C1.I. The van der Waals surface area contributed by atoms with Crippen molar-refractivity contribution < 1.29 is 14.3 Å². The predicted molar refractivity (Wildman–Crippen MR) is 137 cm³/mol. The molecule has 9 heteroatoms. The lowest BCUT2D eigenvalue weighted by molar-refractivity contribution is -0.116. The fourth-order valence-electron chi connectivity index (χ4n) is 3.50. The Morgan fingerprint density at radius 3 is 2.53 bits per heavy atom. The van der Waals surface area contributed by atoms with Crippen LogP contribution in [0.2, 0.25) is 0 Å². The van der Waals surface area contributed by atoms with Gasteiger partial charge in [-0.2, -0.15) is 0 Å². The van der Waals surface area contributed by atoms with E-state index in [1.54, 1.807) is 26.5 Å². The van der Waals surface area contributed by atoms with Gasteiger partial charge in [0.15, 0.2) is 17.5 Å². The number of fused-ring (bicyclic) bond motifs is 1. The molecule has 1 aromatic carbocycles. The molecule has 1 aliphatic heterocycles. The van der Waals surface area contributed by atoms with Crippen LogP contribution in [0.25, 0.3) is 0 Å². The van der Waals surface area contributed by atoms with Gasteiger partial charge in [0.1, 0.15) is 5.82 Å². The van der Waals surface area contributed by atoms with E-state index in [0.29, 0.717) is 18.8 Å². The second kappa shape index (κ2) is 12.5. The molecule has 2 aromatic rings. The second-order valence-electron chi connectivity index (χ2n) is 7.40. The number of carbonyl (C=O) groups excluding carboxylic acids is 1. The van der Waals surface area contributed by atoms with Gasteiger partial charge >= 0.3 is 0 Å². The number of pyridine rings is 1. The zero-order valence-electron chi connectivity index (χ0n) is 19.1. The summed E-state index contributed by atoms with van der Waals surface area (Å²) in [5.74, 6) is 2.75. The summed E-state index contributed by atoms with van der Waals surface area (Å²) in [6.07, 6.45) is 2.91. The third kappa shape index (κ3) is 6.72. The third-order valence-electron chi connectivity index (χ3n) is 5.13. The zero-order valence-corrected chi connectivity index (χ0v) is 21.4. The molecule has 1 aliphatic rings. The molecule has 0 radical (unpaired) electrons. The Morgan fingerprint density at radius 2 is 1.91 bits per heavy atom. The van der Waals surface area contributed by atoms with E-state index in [0.717, 1.165) is 49.1 Å². The lowest BCUT2D eigenvalue weighted by Gasteiger charge is -2.32. The summed E-state index contributed by atoms with van der Waals surface area (Å²) in [6.45, 7) is 6.72. The van der Waals surface area contributed by atoms with Gasteiger partial charge in [-0.1, -0.05) is 6.07 Å². The number of ether oxygens (including phenoxy) is 2. The van der Waals surface area contributed by atoms with Crippen LogP contribution in [-0.2, 0) is 17.8 Å². The Bertz CT molecular complexity index is 934. The van der Waals surface area contributed by atoms with Crippen LogP contribution in [0.4, 0.5) is 5.82 Å². The normalized spacial score (nSPS) is 13.0. The van der Waals surface area contributed by atoms with Crippen LogP contribution in [0.5, 0.6) is 11.5 Å². The van der Waals surface area contributed by atoms with Crippen molar-refractivity contribution >= 4 is 41.7 Å². The minimum atomic E-state index is -0.100. The predicted octanol–water partition coefficient (Wildman–Crippen LogP) is 3.38. The van der Waals surface area contributed by atoms with Gasteiger partial charge in [0.2, 0.25) is 5.91 Å². The third-order valence-corrected chi connectivity index (χ3v) is 5.13. The number of carbonyl (C=O) groups is 1. The Morgan fingerprint density at radius 1 is 1.19 bits per heavy atom. The number of amides is 1. The number of methoxy groups -OCH3 is 2. The molecule has 0 bridgehead atoms. The van der Waals surface area contributed by atoms with Gasteiger partial charge in [0.25, 0.3) is 0 Å². The van der Waals surface area contributed by atoms with Crippen molar-refractivity contribution in [3.63, 3.8) is 0 Å². The van der Waals surface area contributed by atoms with Crippen LogP contribution in [0.1, 0.15) is 30.0 Å². The van der Waals surface area contributed by atoms with Gasteiger partial charge in [-0.15, -0.1) is 24.0 Å². The fourth-order valence-corrected chi connectivity index (χ4v) is 3.50. The molecule has 0 aliphatic carbocycles. The number of aromatic nitrogens is 1. The van der Waals surface area contributed by atoms with Crippen LogP contribution < -0.4 is 20.1 Å². The molecule has 2 heterocycles. The molecule has 0 fully saturated rings. The number of guanidine groups is 1. The summed E-state index contributed by atoms with van der Waals surface area (Å²) >= 11 is 0. The first-order chi connectivity index (χ1) is 15.0. The van der Waals surface area contributed by atoms with Crippen molar-refractivity contribution in [3.05, 3.63) is 47.2 Å². The van der Waals surface area contributed by atoms with E-state index in [1.807, 2.05) is 26.0 Å². The molecule has 0 unspecified atom stereocenters. The first-order valence-corrected chi connectivity index (χ1v) is 10.5. The Hall–Kier alpha value is -2.56. The van der Waals surface area contributed by atoms with E-state index in [2.05, 4.69) is 31.6 Å². The average molecular weight is 553 g/mol. The van der Waals surface area contributed by atoms with Crippen molar-refractivity contribution in [3.8, 4) is 11.5 Å². The summed E-state index contributed by atoms with van der Waals surface area (Å²) in [6, 6.07) is 7.81. The first kappa shape index (κ1) is 25.7. The van der Waals surface area contributed by atoms with E-state index in [9.17, 15) is 4.79 Å². The minimum Gasteiger partial charge on any atom is -0.493 e. The van der Waals surface area contributed by atoms with Crippen molar-refractivity contribution in [2.75, 3.05) is 39.2 Å². The van der Waals surface area contributed by atoms with E-state index in [4.69, 9.17) is 9.47 Å². The molecular formula is C23H32IN5O3. The molecule has 0 spiro atoms. The van der Waals surface area contributed by atoms with E-state index >= 15 is 0 Å². The highest BCUT2D eigenvalue weighted by molar-refractivity contribution is 14.0. The molecular weight excluding hydrogens is 521 g/mol. The van der Waals surface area contributed by atoms with Crippen molar-refractivity contribution in [1.82, 2.24) is 15.2 Å². The number of anilines is 1. The fraction of sp³-hybridized carbons (Fsp3) is 0.435. The number of aryl methyl sites for hydroxylation is 1. The molecule has 174 valence electrons. The smallest absolute Gasteiger partial charge is 0.227 e. The maximum absolute atomic E-state index is 12.2. The van der Waals surface area contributed by atoms with Crippen LogP contribution >= 0.6 is 24.0 Å². The summed E-state index contributed by atoms with van der Waals surface area (Å²) < 4.78 is 10.9. The van der Waals surface area contributed by atoms with Crippen LogP contribution in [-0.4, -0.2) is 55.6 Å². The molecule has 1 aromatic heterocycles. The van der Waals surface area contributed by atoms with Crippen molar-refractivity contribution in [2.45, 2.75) is 33.2 Å². The Balaban J connectivity index is 0.00000363. The summed E-state index contributed by atoms with van der Waals surface area (Å²) in [7, 11) is 3.30. The number of hydrogen-bond acceptors (Lipinski definition) is 5. The summed E-state index contributed by atoms with van der Waals surface area (Å²) in [5.41, 5.74) is 3.50. The van der Waals surface area contributed by atoms with Crippen LogP contribution in [0, 0.1) is 6.92 Å². The molecule has 8 nitrogen and oxygen atoms in total. The van der Waals surface area contributed by atoms with E-state index in [-0.39, 0.29) is 29.9 Å². The topological polar surface area (TPSA) is 88.1 Å². The van der Waals surface area contributed by atoms with Crippen LogP contribution in [0.3, 0.4) is 0 Å². The highest BCUT2D eigenvalue weighted by atomic mass is 127. The van der Waals surface area contributed by atoms with E-state index < -0.39 is 0 Å². The first-order valence-electron chi connectivity index (χ1n) is 10.5. The van der Waals surface area contributed by atoms with Gasteiger partial charge in [-0.3, -0.25) is 9.79 Å². The van der Waals surface area contributed by atoms with E-state index in [1.165, 1.54) is 11.1 Å². The number of rotatable bonds is 7. The number of hydrogen-bond donors (Lipinski definition) is 2. The largest absolute Gasteiger partial charge is 0.493 e. The molecule has 0 atom stereocenters. The van der Waals surface area contributed by atoms with Gasteiger partial charge in [0.05, 0.1) is 20.8 Å². The average Bonchev–Trinajstić information content (AvgIpc) is 2.78. The molecule has 3 rings (SSSR count). The lowest BCUT2D eigenvalue weighted by Crippen LogP contribution is -2.44. The highest BCUT2D eigenvalue weighted by Gasteiger charge is 2.21. The number of nitrogens with zero attached hydrogens (tertiary/aromatic N) is 3. The summed E-state index contributed by atoms with van der Waals surface area (Å²) in [4.78, 5) is 23.3. The second-order valence-corrected chi connectivity index (χ2v) is 7.40. The van der Waals surface area contributed by atoms with Gasteiger partial charge in [0, 0.05) is 32.3 Å². The number of benzene rings is 1. The molecule has 0 saturated heterocycles. The number of halogens is 1. The summed E-state index contributed by atoms with van der Waals surface area (Å²) in [5, 5.41) is 6.15. The monoisotopic (exact) mass is 553 g/mol. The molecule has 2 N–H and O–H groups in total. The van der Waals surface area contributed by atoms with Crippen molar-refractivity contribution in [2.24, 2.45) is 4.99 Å². The highest BCUT2D eigenvalue weighted by Crippen LogP contribution is 2.33. The van der Waals surface area contributed by atoms with Gasteiger partial charge in [-0.25, -0.2) is 4.98 Å². The maximum Gasteiger partial charge on any atom is 0.227 e. The number of nitrogens with one attached hydrogen (secondary N) is 2. The quantitative estimate of drug-likeness (QED) is 0.311. The Kier molecular flexibility index (Phi) is 10.0. The maximum atomic E-state index is 12.2. The lowest BCUT2D eigenvalue weighted by atomic mass is 9.99. The Labute approximate surface area is 206 Å². The van der Waals surface area contributed by atoms with Gasteiger partial charge in [-0.05, 0) is 55.2 Å². The molecule has 32 heavy (non-hydrogen) atoms. The standard InChI is InChI=1S/C23H31N5O3.HI/c1-5-24-23(25-10-8-22(29)27-21-7-6-16(2)14-26-21)28-11-9-17-12-19(30-3)20(31-4)13-18(17)15-28;/h6-7,12-14H,5,8-11,15H2,1-4H3,(H,24,25)(H,26,27,29);1H. The zero-order chi connectivity index (χ0) is 22.2. The van der Waals surface area contributed by atoms with Crippen LogP contribution in [0.15, 0.2) is 35.5 Å². The number of aliphatic imine (C=N–C) groups is 1. The molecule has 0 saturated carbocycles. The van der Waals surface area contributed by atoms with Gasteiger partial charge < -0.3 is 25.0 Å². The minimum absolute atomic E-state index is 0. The molecule has 1 amide bonds. The van der Waals surface area contributed by atoms with Crippen molar-refractivity contribution in [1.29, 1.82) is 0 Å².